The Labute approximate surface area is 146 Å². The molecule has 6 nitrogen and oxygen atoms in total. The number of benzene rings is 1. The zero-order valence-electron chi connectivity index (χ0n) is 12.9. The Morgan fingerprint density at radius 1 is 1.26 bits per heavy atom. The molecule has 1 amide bonds. The summed E-state index contributed by atoms with van der Waals surface area (Å²) in [5.41, 5.74) is 0.465. The van der Waals surface area contributed by atoms with Gasteiger partial charge in [-0.2, -0.15) is 17.0 Å². The van der Waals surface area contributed by atoms with Gasteiger partial charge in [0.15, 0.2) is 0 Å². The molecular weight excluding hydrogens is 361 g/mol. The number of carbonyl (C=O) groups is 1. The van der Waals surface area contributed by atoms with Crippen LogP contribution in [-0.2, 0) is 15.0 Å². The fourth-order valence-electron chi connectivity index (χ4n) is 2.41. The van der Waals surface area contributed by atoms with Crippen molar-refractivity contribution in [1.29, 1.82) is 0 Å². The summed E-state index contributed by atoms with van der Waals surface area (Å²) in [5, 5.41) is 3.44. The monoisotopic (exact) mass is 379 g/mol. The van der Waals surface area contributed by atoms with Crippen molar-refractivity contribution in [3.05, 3.63) is 28.2 Å². The largest absolute Gasteiger partial charge is 0.324 e. The van der Waals surface area contributed by atoms with Crippen molar-refractivity contribution >= 4 is 45.0 Å². The van der Waals surface area contributed by atoms with Crippen LogP contribution in [0.1, 0.15) is 12.8 Å². The molecule has 23 heavy (non-hydrogen) atoms. The lowest BCUT2D eigenvalue weighted by Gasteiger charge is -2.32. The molecule has 9 heteroatoms. The number of nitrogens with one attached hydrogen (secondary N) is 1. The summed E-state index contributed by atoms with van der Waals surface area (Å²) in [7, 11) is -0.433. The van der Waals surface area contributed by atoms with E-state index in [1.807, 2.05) is 0 Å². The van der Waals surface area contributed by atoms with E-state index in [9.17, 15) is 13.2 Å². The van der Waals surface area contributed by atoms with Crippen LogP contribution in [0.4, 0.5) is 5.69 Å². The minimum atomic E-state index is -3.42. The lowest BCUT2D eigenvalue weighted by Crippen LogP contribution is -2.46. The maximum Gasteiger partial charge on any atom is 0.281 e. The minimum Gasteiger partial charge on any atom is -0.324 e. The van der Waals surface area contributed by atoms with Gasteiger partial charge >= 0.3 is 0 Å². The average Bonchev–Trinajstić information content (AvgIpc) is 2.51. The van der Waals surface area contributed by atoms with Crippen molar-refractivity contribution in [2.75, 3.05) is 32.5 Å². The SMILES string of the molecule is CN(C)S(=O)(=O)N1CCC(C(=O)Nc2cccc(Cl)c2Cl)CC1. The molecule has 0 radical (unpaired) electrons. The van der Waals surface area contributed by atoms with Gasteiger partial charge in [-0.15, -0.1) is 0 Å². The minimum absolute atomic E-state index is 0.170. The average molecular weight is 380 g/mol. The Morgan fingerprint density at radius 3 is 2.43 bits per heavy atom. The third-order valence-electron chi connectivity index (χ3n) is 3.82. The molecule has 0 bridgehead atoms. The van der Waals surface area contributed by atoms with Crippen molar-refractivity contribution < 1.29 is 13.2 Å². The van der Waals surface area contributed by atoms with Crippen LogP contribution in [0.25, 0.3) is 0 Å². The lowest BCUT2D eigenvalue weighted by atomic mass is 9.97. The van der Waals surface area contributed by atoms with Crippen LogP contribution in [0.15, 0.2) is 18.2 Å². The Kier molecular flexibility index (Phi) is 5.91. The van der Waals surface area contributed by atoms with Gasteiger partial charge in [0.25, 0.3) is 10.2 Å². The molecule has 0 saturated carbocycles. The molecular formula is C14H19Cl2N3O3S. The summed E-state index contributed by atoms with van der Waals surface area (Å²) in [5.74, 6) is -0.422. The van der Waals surface area contributed by atoms with Gasteiger partial charge in [-0.3, -0.25) is 4.79 Å². The normalized spacial score (nSPS) is 17.4. The molecule has 0 atom stereocenters. The number of amides is 1. The number of anilines is 1. The van der Waals surface area contributed by atoms with E-state index in [-0.39, 0.29) is 11.8 Å². The van der Waals surface area contributed by atoms with Crippen LogP contribution in [0.2, 0.25) is 10.0 Å². The van der Waals surface area contributed by atoms with E-state index in [0.29, 0.717) is 41.7 Å². The Morgan fingerprint density at radius 2 is 1.87 bits per heavy atom. The topological polar surface area (TPSA) is 69.7 Å². The fourth-order valence-corrected chi connectivity index (χ4v) is 3.90. The van der Waals surface area contributed by atoms with Crippen LogP contribution in [0.3, 0.4) is 0 Å². The molecule has 0 aliphatic carbocycles. The number of nitrogens with zero attached hydrogens (tertiary/aromatic N) is 2. The van der Waals surface area contributed by atoms with E-state index >= 15 is 0 Å². The van der Waals surface area contributed by atoms with Crippen molar-refractivity contribution in [3.8, 4) is 0 Å². The number of hydrogen-bond acceptors (Lipinski definition) is 3. The molecule has 1 saturated heterocycles. The smallest absolute Gasteiger partial charge is 0.281 e. The van der Waals surface area contributed by atoms with E-state index in [1.165, 1.54) is 22.7 Å². The molecule has 0 spiro atoms. The number of piperidine rings is 1. The highest BCUT2D eigenvalue weighted by Gasteiger charge is 2.32. The molecule has 1 N–H and O–H groups in total. The second kappa shape index (κ2) is 7.36. The molecule has 2 rings (SSSR count). The lowest BCUT2D eigenvalue weighted by molar-refractivity contribution is -0.120. The summed E-state index contributed by atoms with van der Waals surface area (Å²) < 4.78 is 26.7. The van der Waals surface area contributed by atoms with Gasteiger partial charge in [0.05, 0.1) is 15.7 Å². The third kappa shape index (κ3) is 4.16. The van der Waals surface area contributed by atoms with Crippen molar-refractivity contribution in [2.45, 2.75) is 12.8 Å². The van der Waals surface area contributed by atoms with E-state index in [1.54, 1.807) is 18.2 Å². The molecule has 1 aliphatic rings. The molecule has 1 aliphatic heterocycles. The second-order valence-electron chi connectivity index (χ2n) is 5.55. The number of carbonyl (C=O) groups excluding carboxylic acids is 1. The van der Waals surface area contributed by atoms with Crippen molar-refractivity contribution in [1.82, 2.24) is 8.61 Å². The van der Waals surface area contributed by atoms with Gasteiger partial charge in [0, 0.05) is 33.1 Å². The van der Waals surface area contributed by atoms with Gasteiger partial charge in [-0.1, -0.05) is 29.3 Å². The number of halogens is 2. The van der Waals surface area contributed by atoms with Crippen LogP contribution in [-0.4, -0.2) is 50.1 Å². The van der Waals surface area contributed by atoms with Gasteiger partial charge in [-0.05, 0) is 25.0 Å². The predicted molar refractivity (Wildman–Crippen MR) is 92.0 cm³/mol. The van der Waals surface area contributed by atoms with Crippen LogP contribution >= 0.6 is 23.2 Å². The summed E-state index contributed by atoms with van der Waals surface area (Å²) in [4.78, 5) is 12.3. The Hall–Kier alpha value is -0.860. The maximum atomic E-state index is 12.3. The molecule has 128 valence electrons. The Balaban J connectivity index is 1.98. The molecule has 1 aromatic carbocycles. The first-order valence-electron chi connectivity index (χ1n) is 7.16. The van der Waals surface area contributed by atoms with Gasteiger partial charge in [-0.25, -0.2) is 0 Å². The van der Waals surface area contributed by atoms with Crippen molar-refractivity contribution in [2.24, 2.45) is 5.92 Å². The molecule has 0 unspecified atom stereocenters. The van der Waals surface area contributed by atoms with Gasteiger partial charge < -0.3 is 5.32 Å². The van der Waals surface area contributed by atoms with Crippen LogP contribution in [0, 0.1) is 5.92 Å². The van der Waals surface area contributed by atoms with Gasteiger partial charge in [0.1, 0.15) is 0 Å². The predicted octanol–water partition coefficient (Wildman–Crippen LogP) is 2.45. The molecule has 1 aromatic rings. The zero-order valence-corrected chi connectivity index (χ0v) is 15.2. The zero-order chi connectivity index (χ0) is 17.2. The molecule has 0 aromatic heterocycles. The summed E-state index contributed by atoms with van der Waals surface area (Å²) >= 11 is 12.0. The first-order valence-corrected chi connectivity index (χ1v) is 9.31. The summed E-state index contributed by atoms with van der Waals surface area (Å²) in [6.45, 7) is 0.643. The maximum absolute atomic E-state index is 12.3. The number of rotatable bonds is 4. The summed E-state index contributed by atoms with van der Waals surface area (Å²) in [6.07, 6.45) is 0.939. The quantitative estimate of drug-likeness (QED) is 0.873. The standard InChI is InChI=1S/C14H19Cl2N3O3S/c1-18(2)23(21,22)19-8-6-10(7-9-19)14(20)17-12-5-3-4-11(15)13(12)16/h3-5,10H,6-9H2,1-2H3,(H,17,20). The second-order valence-corrected chi connectivity index (χ2v) is 8.48. The highest BCUT2D eigenvalue weighted by molar-refractivity contribution is 7.86. The van der Waals surface area contributed by atoms with E-state index in [0.717, 1.165) is 0 Å². The molecule has 1 fully saturated rings. The Bertz CT molecular complexity index is 687. The third-order valence-corrected chi connectivity index (χ3v) is 6.58. The summed E-state index contributed by atoms with van der Waals surface area (Å²) in [6, 6.07) is 5.03. The fraction of sp³-hybridized carbons (Fsp3) is 0.500. The van der Waals surface area contributed by atoms with E-state index in [4.69, 9.17) is 23.2 Å². The number of hydrogen-bond donors (Lipinski definition) is 1. The van der Waals surface area contributed by atoms with Gasteiger partial charge in [0.2, 0.25) is 5.91 Å². The highest BCUT2D eigenvalue weighted by Crippen LogP contribution is 2.30. The van der Waals surface area contributed by atoms with E-state index < -0.39 is 10.2 Å². The van der Waals surface area contributed by atoms with Crippen LogP contribution in [0.5, 0.6) is 0 Å². The highest BCUT2D eigenvalue weighted by atomic mass is 35.5. The molecule has 1 heterocycles. The van der Waals surface area contributed by atoms with E-state index in [2.05, 4.69) is 5.32 Å². The first kappa shape index (κ1) is 18.5. The van der Waals surface area contributed by atoms with Crippen molar-refractivity contribution in [3.63, 3.8) is 0 Å². The first-order chi connectivity index (χ1) is 10.7. The van der Waals surface area contributed by atoms with Crippen LogP contribution < -0.4 is 5.32 Å².